The molecule has 54 heavy (non-hydrogen) atoms. The maximum Gasteiger partial charge on any atom is 0.340 e. The summed E-state index contributed by atoms with van der Waals surface area (Å²) in [6.07, 6.45) is 7.58. The molecule has 3 aromatic carbocycles. The Hall–Kier alpha value is -3.92. The first-order valence-electron chi connectivity index (χ1n) is 18.6. The van der Waals surface area contributed by atoms with Crippen molar-refractivity contribution in [2.24, 2.45) is 11.8 Å². The second-order valence-electron chi connectivity index (χ2n) is 16.3. The Morgan fingerprint density at radius 3 is 1.50 bits per heavy atom. The Morgan fingerprint density at radius 2 is 1.07 bits per heavy atom. The molecule has 4 aliphatic heterocycles. The molecular weight excluding hydrogens is 733 g/mol. The van der Waals surface area contributed by atoms with E-state index in [1.807, 2.05) is 12.1 Å². The van der Waals surface area contributed by atoms with Crippen molar-refractivity contribution in [1.82, 2.24) is 9.80 Å². The largest absolute Gasteiger partial charge is 0.482 e. The van der Waals surface area contributed by atoms with Crippen molar-refractivity contribution in [2.45, 2.75) is 82.8 Å². The molecule has 12 nitrogen and oxygen atoms in total. The van der Waals surface area contributed by atoms with E-state index in [1.165, 1.54) is 24.3 Å². The second kappa shape index (κ2) is 10.9. The Balaban J connectivity index is 0.954. The lowest BCUT2D eigenvalue weighted by atomic mass is 9.53. The number of benzene rings is 3. The smallest absolute Gasteiger partial charge is 0.340 e. The summed E-state index contributed by atoms with van der Waals surface area (Å²) < 4.78 is 81.4. The molecular formula is C40H40N2O10S2. The third-order valence-corrected chi connectivity index (χ3v) is 16.8. The molecule has 0 radical (unpaired) electrons. The lowest BCUT2D eigenvalue weighted by molar-refractivity contribution is -0.0452. The molecule has 4 heterocycles. The van der Waals surface area contributed by atoms with Gasteiger partial charge in [-0.3, -0.25) is 0 Å². The zero-order valence-corrected chi connectivity index (χ0v) is 31.3. The van der Waals surface area contributed by atoms with Crippen molar-refractivity contribution in [3.8, 4) is 23.0 Å². The van der Waals surface area contributed by atoms with E-state index >= 15 is 0 Å². The van der Waals surface area contributed by atoms with Gasteiger partial charge in [-0.15, -0.1) is 0 Å². The van der Waals surface area contributed by atoms with E-state index in [0.29, 0.717) is 0 Å². The maximum absolute atomic E-state index is 14.2. The lowest BCUT2D eigenvalue weighted by Crippen LogP contribution is -2.64. The summed E-state index contributed by atoms with van der Waals surface area (Å²) in [6, 6.07) is 12.4. The van der Waals surface area contributed by atoms with E-state index in [4.69, 9.17) is 17.8 Å². The van der Waals surface area contributed by atoms with Crippen LogP contribution in [-0.2, 0) is 43.9 Å². The molecule has 2 N–H and O–H groups in total. The molecule has 10 atom stereocenters. The molecule has 0 amide bonds. The van der Waals surface area contributed by atoms with Gasteiger partial charge in [0.15, 0.2) is 23.0 Å². The van der Waals surface area contributed by atoms with E-state index in [2.05, 4.69) is 36.0 Å². The van der Waals surface area contributed by atoms with E-state index in [9.17, 15) is 27.0 Å². The first-order valence-corrected chi connectivity index (χ1v) is 21.4. The number of ether oxygens (including phenoxy) is 2. The van der Waals surface area contributed by atoms with E-state index in [0.717, 1.165) is 61.0 Å². The topological polar surface area (TPSA) is 152 Å². The number of likely N-dealkylation sites (tertiary alicyclic amines) is 2. The summed E-state index contributed by atoms with van der Waals surface area (Å²) in [6.45, 7) is 1.59. The third-order valence-electron chi connectivity index (χ3n) is 14.1. The number of likely N-dealkylation sites (N-methyl/N-ethyl adjacent to an activating group) is 2. The van der Waals surface area contributed by atoms with Crippen LogP contribution in [0.1, 0.15) is 35.1 Å². The highest BCUT2D eigenvalue weighted by atomic mass is 32.2. The van der Waals surface area contributed by atoms with Gasteiger partial charge in [-0.2, -0.15) is 16.8 Å². The molecule has 2 saturated heterocycles. The number of nitrogens with zero attached hydrogens (tertiary/aromatic N) is 2. The van der Waals surface area contributed by atoms with Crippen LogP contribution in [-0.4, -0.2) is 101 Å². The number of piperidine rings is 2. The van der Waals surface area contributed by atoms with Crippen molar-refractivity contribution in [1.29, 1.82) is 0 Å². The van der Waals surface area contributed by atoms with Crippen LogP contribution < -0.4 is 17.8 Å². The third kappa shape index (κ3) is 4.11. The van der Waals surface area contributed by atoms with Gasteiger partial charge in [-0.25, -0.2) is 0 Å². The number of hydrogen-bond donors (Lipinski definition) is 2. The average Bonchev–Trinajstić information content (AvgIpc) is 3.69. The molecule has 0 aromatic heterocycles. The van der Waals surface area contributed by atoms with Crippen LogP contribution in [0.4, 0.5) is 0 Å². The molecule has 4 bridgehead atoms. The van der Waals surface area contributed by atoms with Crippen molar-refractivity contribution in [3.05, 3.63) is 95.1 Å². The number of aliphatic hydroxyl groups excluding tert-OH is 2. The molecule has 2 fully saturated rings. The predicted molar refractivity (Wildman–Crippen MR) is 194 cm³/mol. The molecule has 0 saturated carbocycles. The van der Waals surface area contributed by atoms with Crippen LogP contribution in [0, 0.1) is 11.8 Å². The van der Waals surface area contributed by atoms with Crippen LogP contribution in [0.15, 0.2) is 82.6 Å². The van der Waals surface area contributed by atoms with Gasteiger partial charge in [0.25, 0.3) is 0 Å². The summed E-state index contributed by atoms with van der Waals surface area (Å²) >= 11 is 0. The zero-order valence-electron chi connectivity index (χ0n) is 29.7. The van der Waals surface area contributed by atoms with Gasteiger partial charge >= 0.3 is 20.2 Å². The van der Waals surface area contributed by atoms with Crippen molar-refractivity contribution < 1.29 is 44.9 Å². The van der Waals surface area contributed by atoms with Crippen molar-refractivity contribution in [2.75, 3.05) is 27.2 Å². The van der Waals surface area contributed by atoms with Crippen LogP contribution in [0.3, 0.4) is 0 Å². The van der Waals surface area contributed by atoms with E-state index < -0.39 is 65.3 Å². The Morgan fingerprint density at radius 1 is 0.648 bits per heavy atom. The molecule has 4 unspecified atom stereocenters. The minimum Gasteiger partial charge on any atom is -0.482 e. The molecule has 8 aliphatic rings. The van der Waals surface area contributed by atoms with Gasteiger partial charge < -0.3 is 37.9 Å². The van der Waals surface area contributed by atoms with Crippen LogP contribution in [0.2, 0.25) is 0 Å². The Bertz CT molecular complexity index is 2280. The maximum atomic E-state index is 14.2. The fourth-order valence-electron chi connectivity index (χ4n) is 11.8. The minimum atomic E-state index is -4.79. The zero-order chi connectivity index (χ0) is 37.1. The van der Waals surface area contributed by atoms with Crippen molar-refractivity contribution >= 4 is 20.2 Å². The van der Waals surface area contributed by atoms with Gasteiger partial charge in [-0.1, -0.05) is 48.6 Å². The second-order valence-corrected chi connectivity index (χ2v) is 19.4. The lowest BCUT2D eigenvalue weighted by Gasteiger charge is -2.56. The Labute approximate surface area is 313 Å². The molecule has 11 rings (SSSR count). The molecule has 2 spiro atoms. The predicted octanol–water partition coefficient (Wildman–Crippen LogP) is 2.83. The van der Waals surface area contributed by atoms with Gasteiger partial charge in [-0.05, 0) is 88.3 Å². The van der Waals surface area contributed by atoms with Gasteiger partial charge in [0.05, 0.1) is 0 Å². The van der Waals surface area contributed by atoms with Gasteiger partial charge in [0.1, 0.15) is 34.2 Å². The fraction of sp³-hybridized carbons (Fsp3) is 0.450. The number of aliphatic hydroxyl groups is 2. The van der Waals surface area contributed by atoms with Gasteiger partial charge in [0.2, 0.25) is 0 Å². The molecule has 14 heteroatoms. The van der Waals surface area contributed by atoms with E-state index in [-0.39, 0.29) is 46.9 Å². The normalized spacial score (nSPS) is 36.5. The average molecular weight is 773 g/mol. The highest BCUT2D eigenvalue weighted by Crippen LogP contribution is 2.64. The van der Waals surface area contributed by atoms with Crippen molar-refractivity contribution in [3.63, 3.8) is 0 Å². The highest BCUT2D eigenvalue weighted by Gasteiger charge is 2.66. The Kier molecular flexibility index (Phi) is 6.74. The quantitative estimate of drug-likeness (QED) is 0.280. The first-order chi connectivity index (χ1) is 25.8. The summed E-state index contributed by atoms with van der Waals surface area (Å²) in [5, 5.41) is 22.3. The summed E-state index contributed by atoms with van der Waals surface area (Å²) in [4.78, 5) is 3.48. The summed E-state index contributed by atoms with van der Waals surface area (Å²) in [5.74, 6) is 0.549. The SMILES string of the molecule is CN1CC[C@]23c4c5ccc(OS(=O)(=O)c6ccccc6S(=O)(=O)Oc6ccc7c8c6O[C@H]6C(O)C=CC9[C@@H](C7)N(C)CC[C@@]896)c4O[C@H]2C(O)C=CC3[C@H]1C5. The fourth-order valence-corrected chi connectivity index (χ4v) is 14.4. The van der Waals surface area contributed by atoms with Crippen LogP contribution in [0.5, 0.6) is 23.0 Å². The van der Waals surface area contributed by atoms with Crippen LogP contribution >= 0.6 is 0 Å². The van der Waals surface area contributed by atoms with E-state index in [1.54, 1.807) is 24.3 Å². The number of hydrogen-bond acceptors (Lipinski definition) is 12. The molecule has 282 valence electrons. The van der Waals surface area contributed by atoms with Crippen LogP contribution in [0.25, 0.3) is 0 Å². The summed E-state index contributed by atoms with van der Waals surface area (Å²) in [5.41, 5.74) is 2.70. The first kappa shape index (κ1) is 33.4. The minimum absolute atomic E-state index is 0.0646. The monoisotopic (exact) mass is 772 g/mol. The standard InChI is InChI=1S/C40H40N2O10S2/c1-41-17-15-39-23-9-11-27(43)37(39)49-35-29(13-7-21(33(35)39)19-25(23)41)51-53(45,46)31-5-3-4-6-32(31)54(47,48)52-30-14-8-22-20-26-24-10-12-28(44)38-40(24,16-18-42(26)2)34(22)36(30)50-38/h3-14,23-28,37-38,43-44H,15-20H2,1-2H3/t23?,24?,25-,26-,27?,28?,37+,38+,39+,40+/m1/s1. The van der Waals surface area contributed by atoms with Gasteiger partial charge in [0, 0.05) is 45.9 Å². The molecule has 3 aromatic rings. The summed E-state index contributed by atoms with van der Waals surface area (Å²) in [7, 11) is -5.37. The highest BCUT2D eigenvalue weighted by molar-refractivity contribution is 7.90. The number of rotatable bonds is 6. The molecule has 4 aliphatic carbocycles.